The summed E-state index contributed by atoms with van der Waals surface area (Å²) in [5.41, 5.74) is -2.84. The number of carbonyl (C=O) groups excluding carboxylic acids is 1. The van der Waals surface area contributed by atoms with Crippen molar-refractivity contribution in [3.63, 3.8) is 0 Å². The molecule has 1 aromatic heterocycles. The van der Waals surface area contributed by atoms with Gasteiger partial charge in [0.2, 0.25) is 5.91 Å². The summed E-state index contributed by atoms with van der Waals surface area (Å²) in [4.78, 5) is 22.1. The third kappa shape index (κ3) is 4.10. The highest BCUT2D eigenvalue weighted by Gasteiger charge is 2.32. The number of benzene rings is 1. The normalized spacial score (nSPS) is 12.4. The number of phenols is 1. The predicted molar refractivity (Wildman–Crippen MR) is 85.3 cm³/mol. The summed E-state index contributed by atoms with van der Waals surface area (Å²) in [5.74, 6) is -1.65. The molecule has 1 amide bonds. The number of non-ortho nitro benzene ring substituents is 1. The third-order valence-corrected chi connectivity index (χ3v) is 3.91. The van der Waals surface area contributed by atoms with Crippen LogP contribution in [-0.2, 0) is 4.79 Å². The zero-order valence-electron chi connectivity index (χ0n) is 13.4. The Labute approximate surface area is 153 Å². The Morgan fingerprint density at radius 1 is 1.33 bits per heavy atom. The van der Waals surface area contributed by atoms with Gasteiger partial charge in [-0.05, 0) is 13.0 Å². The van der Waals surface area contributed by atoms with Gasteiger partial charge in [0.25, 0.3) is 18.5 Å². The van der Waals surface area contributed by atoms with Gasteiger partial charge in [-0.3, -0.25) is 14.9 Å². The molecular formula is C14H11ClF4N4O4. The van der Waals surface area contributed by atoms with Crippen LogP contribution in [0.3, 0.4) is 0 Å². The average molecular weight is 411 g/mol. The van der Waals surface area contributed by atoms with Crippen molar-refractivity contribution >= 4 is 28.9 Å². The standard InChI is InChI=1S/C14H11ClF4N4O4/c1-5(22-11(13(18)19)9(15)10(21-22)12(16)17)14(25)20-7-3-2-6(23(26)27)4-8(7)24/h2-5,12-13,24H,1H3,(H,20,25). The van der Waals surface area contributed by atoms with Crippen molar-refractivity contribution in [2.24, 2.45) is 0 Å². The summed E-state index contributed by atoms with van der Waals surface area (Å²) in [6, 6.07) is 1.27. The van der Waals surface area contributed by atoms with Gasteiger partial charge in [0, 0.05) is 6.07 Å². The van der Waals surface area contributed by atoms with Crippen LogP contribution in [0.5, 0.6) is 5.75 Å². The van der Waals surface area contributed by atoms with Gasteiger partial charge in [0.05, 0.1) is 21.7 Å². The number of alkyl halides is 4. The number of nitro groups is 1. The van der Waals surface area contributed by atoms with E-state index in [1.165, 1.54) is 0 Å². The van der Waals surface area contributed by atoms with Gasteiger partial charge in [0.15, 0.2) is 0 Å². The first-order valence-corrected chi connectivity index (χ1v) is 7.54. The van der Waals surface area contributed by atoms with E-state index in [0.29, 0.717) is 4.68 Å². The first-order valence-electron chi connectivity index (χ1n) is 7.17. The highest BCUT2D eigenvalue weighted by molar-refractivity contribution is 6.32. The van der Waals surface area contributed by atoms with E-state index in [9.17, 15) is 37.6 Å². The molecule has 0 aliphatic rings. The van der Waals surface area contributed by atoms with Crippen LogP contribution in [0.4, 0.5) is 28.9 Å². The Kier molecular flexibility index (Phi) is 5.88. The minimum atomic E-state index is -3.28. The van der Waals surface area contributed by atoms with Crippen LogP contribution in [-0.4, -0.2) is 25.7 Å². The number of phenolic OH excluding ortho intramolecular Hbond substituents is 1. The van der Waals surface area contributed by atoms with E-state index in [-0.39, 0.29) is 5.69 Å². The minimum Gasteiger partial charge on any atom is -0.506 e. The average Bonchev–Trinajstić information content (AvgIpc) is 2.93. The monoisotopic (exact) mass is 410 g/mol. The number of nitrogens with zero attached hydrogens (tertiary/aromatic N) is 3. The molecule has 0 bridgehead atoms. The van der Waals surface area contributed by atoms with E-state index in [2.05, 4.69) is 10.4 Å². The van der Waals surface area contributed by atoms with Gasteiger partial charge >= 0.3 is 0 Å². The second kappa shape index (κ2) is 7.78. The molecule has 8 nitrogen and oxygen atoms in total. The van der Waals surface area contributed by atoms with E-state index in [1.807, 2.05) is 0 Å². The fourth-order valence-electron chi connectivity index (χ4n) is 2.16. The fourth-order valence-corrected chi connectivity index (χ4v) is 2.45. The zero-order chi connectivity index (χ0) is 20.5. The topological polar surface area (TPSA) is 110 Å². The maximum atomic E-state index is 13.2. The van der Waals surface area contributed by atoms with Crippen molar-refractivity contribution in [1.29, 1.82) is 0 Å². The zero-order valence-corrected chi connectivity index (χ0v) is 14.1. The lowest BCUT2D eigenvalue weighted by Gasteiger charge is -2.16. The molecule has 146 valence electrons. The number of hydrogen-bond donors (Lipinski definition) is 2. The van der Waals surface area contributed by atoms with Crippen LogP contribution in [0.1, 0.15) is 37.2 Å². The van der Waals surface area contributed by atoms with E-state index in [1.54, 1.807) is 0 Å². The van der Waals surface area contributed by atoms with Crippen LogP contribution < -0.4 is 5.32 Å². The predicted octanol–water partition coefficient (Wildman–Crippen LogP) is 4.23. The number of halogens is 5. The van der Waals surface area contributed by atoms with Crippen LogP contribution in [0.2, 0.25) is 5.02 Å². The maximum absolute atomic E-state index is 13.2. The van der Waals surface area contributed by atoms with Gasteiger partial charge in [-0.25, -0.2) is 22.2 Å². The smallest absolute Gasteiger partial charge is 0.283 e. The van der Waals surface area contributed by atoms with Crippen molar-refractivity contribution in [1.82, 2.24) is 9.78 Å². The molecule has 2 N–H and O–H groups in total. The van der Waals surface area contributed by atoms with E-state index in [4.69, 9.17) is 11.6 Å². The summed E-state index contributed by atoms with van der Waals surface area (Å²) in [6.07, 6.45) is -6.51. The SMILES string of the molecule is CC(C(=O)Nc1ccc([N+](=O)[O-])cc1O)n1nc(C(F)F)c(Cl)c1C(F)F. The largest absolute Gasteiger partial charge is 0.506 e. The lowest BCUT2D eigenvalue weighted by Crippen LogP contribution is -2.26. The van der Waals surface area contributed by atoms with Crippen LogP contribution in [0, 0.1) is 10.1 Å². The molecule has 0 aliphatic carbocycles. The van der Waals surface area contributed by atoms with Crippen molar-refractivity contribution in [2.45, 2.75) is 25.8 Å². The second-order valence-corrected chi connectivity index (χ2v) is 5.63. The number of aromatic nitrogens is 2. The Balaban J connectivity index is 2.33. The Hall–Kier alpha value is -2.89. The molecule has 0 saturated carbocycles. The highest BCUT2D eigenvalue weighted by atomic mass is 35.5. The molecule has 0 aliphatic heterocycles. The number of amides is 1. The van der Waals surface area contributed by atoms with E-state index in [0.717, 1.165) is 25.1 Å². The molecule has 27 heavy (non-hydrogen) atoms. The first-order chi connectivity index (χ1) is 12.5. The quantitative estimate of drug-likeness (QED) is 0.320. The Bertz CT molecular complexity index is 890. The summed E-state index contributed by atoms with van der Waals surface area (Å²) >= 11 is 5.52. The molecule has 0 fully saturated rings. The molecule has 0 radical (unpaired) electrons. The summed E-state index contributed by atoms with van der Waals surface area (Å²) in [6.45, 7) is 1.10. The summed E-state index contributed by atoms with van der Waals surface area (Å²) in [5, 5.41) is 24.8. The van der Waals surface area contributed by atoms with Crippen molar-refractivity contribution < 1.29 is 32.4 Å². The first kappa shape index (κ1) is 20.4. The molecule has 0 saturated heterocycles. The van der Waals surface area contributed by atoms with Crippen LogP contribution in [0.15, 0.2) is 18.2 Å². The number of nitrogens with one attached hydrogen (secondary N) is 1. The van der Waals surface area contributed by atoms with Gasteiger partial charge in [-0.2, -0.15) is 5.10 Å². The number of hydrogen-bond acceptors (Lipinski definition) is 5. The van der Waals surface area contributed by atoms with Crippen LogP contribution in [0.25, 0.3) is 0 Å². The molecular weight excluding hydrogens is 400 g/mol. The van der Waals surface area contributed by atoms with Crippen molar-refractivity contribution in [2.75, 3.05) is 5.32 Å². The molecule has 2 rings (SSSR count). The molecule has 1 atom stereocenters. The molecule has 0 spiro atoms. The number of aromatic hydroxyl groups is 1. The number of anilines is 1. The number of carbonyl (C=O) groups is 1. The molecule has 1 aromatic carbocycles. The van der Waals surface area contributed by atoms with Gasteiger partial charge < -0.3 is 10.4 Å². The lowest BCUT2D eigenvalue weighted by molar-refractivity contribution is -0.384. The maximum Gasteiger partial charge on any atom is 0.283 e. The van der Waals surface area contributed by atoms with Crippen LogP contribution >= 0.6 is 11.6 Å². The van der Waals surface area contributed by atoms with Gasteiger partial charge in [-0.1, -0.05) is 11.6 Å². The minimum absolute atomic E-state index is 0.247. The lowest BCUT2D eigenvalue weighted by atomic mass is 10.2. The molecule has 1 heterocycles. The molecule has 13 heteroatoms. The van der Waals surface area contributed by atoms with E-state index < -0.39 is 57.6 Å². The third-order valence-electron chi connectivity index (χ3n) is 3.52. The van der Waals surface area contributed by atoms with Crippen molar-refractivity contribution in [3.05, 3.63) is 44.7 Å². The Morgan fingerprint density at radius 3 is 2.44 bits per heavy atom. The summed E-state index contributed by atoms with van der Waals surface area (Å²) < 4.78 is 52.4. The fraction of sp³-hybridized carbons (Fsp3) is 0.286. The summed E-state index contributed by atoms with van der Waals surface area (Å²) in [7, 11) is 0. The second-order valence-electron chi connectivity index (χ2n) is 5.25. The highest BCUT2D eigenvalue weighted by Crippen LogP contribution is 2.36. The Morgan fingerprint density at radius 2 is 1.96 bits per heavy atom. The van der Waals surface area contributed by atoms with E-state index >= 15 is 0 Å². The van der Waals surface area contributed by atoms with Gasteiger partial charge in [0.1, 0.15) is 23.2 Å². The number of nitro benzene ring substituents is 1. The number of rotatable bonds is 6. The molecule has 1 unspecified atom stereocenters. The van der Waals surface area contributed by atoms with Gasteiger partial charge in [-0.15, -0.1) is 0 Å². The van der Waals surface area contributed by atoms with Crippen molar-refractivity contribution in [3.8, 4) is 5.75 Å². The molecule has 2 aromatic rings.